The highest BCUT2D eigenvalue weighted by Gasteiger charge is 2.20. The van der Waals surface area contributed by atoms with Gasteiger partial charge >= 0.3 is 0 Å². The molecule has 0 spiro atoms. The maximum atomic E-state index is 4.74. The second-order valence-corrected chi connectivity index (χ2v) is 6.54. The Labute approximate surface area is 116 Å². The summed E-state index contributed by atoms with van der Waals surface area (Å²) < 4.78 is 0. The normalized spacial score (nSPS) is 13.4. The topological polar surface area (TPSA) is 37.8 Å². The van der Waals surface area contributed by atoms with Gasteiger partial charge in [-0.3, -0.25) is 0 Å². The van der Waals surface area contributed by atoms with Gasteiger partial charge in [0.05, 0.1) is 16.9 Å². The molecule has 0 amide bonds. The molecule has 1 N–H and O–H groups in total. The molecule has 0 aliphatic heterocycles. The number of hydrogen-bond donors (Lipinski definition) is 1. The van der Waals surface area contributed by atoms with Gasteiger partial charge in [-0.1, -0.05) is 13.8 Å². The van der Waals surface area contributed by atoms with Gasteiger partial charge in [0.2, 0.25) is 0 Å². The standard InChI is InChI=1S/C13H19N3S2/c1-8(2)10-6-18-13(16-10)12(15-9(3)4)11-5-17-7-14-11/h5-9,12,15H,1-4H3. The fourth-order valence-electron chi connectivity index (χ4n) is 1.68. The second kappa shape index (κ2) is 5.91. The zero-order chi connectivity index (χ0) is 13.1. The largest absolute Gasteiger partial charge is 0.301 e. The Kier molecular flexibility index (Phi) is 4.48. The maximum Gasteiger partial charge on any atom is 0.116 e. The molecule has 2 aromatic rings. The minimum absolute atomic E-state index is 0.119. The van der Waals surface area contributed by atoms with Crippen LogP contribution in [0.25, 0.3) is 0 Å². The van der Waals surface area contributed by atoms with E-state index in [9.17, 15) is 0 Å². The van der Waals surface area contributed by atoms with Crippen LogP contribution < -0.4 is 5.32 Å². The molecule has 1 unspecified atom stereocenters. The van der Waals surface area contributed by atoms with Crippen molar-refractivity contribution in [3.63, 3.8) is 0 Å². The van der Waals surface area contributed by atoms with Gasteiger partial charge < -0.3 is 5.32 Å². The number of nitrogens with zero attached hydrogens (tertiary/aromatic N) is 2. The highest BCUT2D eigenvalue weighted by molar-refractivity contribution is 7.10. The Hall–Kier alpha value is -0.780. The maximum absolute atomic E-state index is 4.74. The summed E-state index contributed by atoms with van der Waals surface area (Å²) in [7, 11) is 0. The molecular formula is C13H19N3S2. The molecule has 18 heavy (non-hydrogen) atoms. The zero-order valence-corrected chi connectivity index (χ0v) is 12.8. The first kappa shape index (κ1) is 13.6. The van der Waals surface area contributed by atoms with Gasteiger partial charge in [0.1, 0.15) is 11.0 Å². The average molecular weight is 281 g/mol. The van der Waals surface area contributed by atoms with Crippen molar-refractivity contribution in [3.8, 4) is 0 Å². The molecule has 2 aromatic heterocycles. The molecule has 0 aliphatic carbocycles. The van der Waals surface area contributed by atoms with Gasteiger partial charge in [-0.2, -0.15) is 0 Å². The van der Waals surface area contributed by atoms with E-state index in [1.54, 1.807) is 22.7 Å². The molecule has 2 rings (SSSR count). The van der Waals surface area contributed by atoms with Crippen molar-refractivity contribution in [1.82, 2.24) is 15.3 Å². The van der Waals surface area contributed by atoms with Crippen molar-refractivity contribution in [2.45, 2.75) is 45.7 Å². The SMILES string of the molecule is CC(C)NC(c1cscn1)c1nc(C(C)C)cs1. The van der Waals surface area contributed by atoms with Crippen LogP contribution in [0.5, 0.6) is 0 Å². The lowest BCUT2D eigenvalue weighted by Gasteiger charge is -2.17. The van der Waals surface area contributed by atoms with E-state index >= 15 is 0 Å². The molecule has 0 saturated carbocycles. The minimum atomic E-state index is 0.119. The minimum Gasteiger partial charge on any atom is -0.301 e. The first-order valence-electron chi connectivity index (χ1n) is 6.17. The van der Waals surface area contributed by atoms with Crippen LogP contribution in [0.2, 0.25) is 0 Å². The molecule has 1 atom stereocenters. The van der Waals surface area contributed by atoms with Crippen molar-refractivity contribution < 1.29 is 0 Å². The van der Waals surface area contributed by atoms with Crippen molar-refractivity contribution in [2.75, 3.05) is 0 Å². The third-order valence-electron chi connectivity index (χ3n) is 2.63. The molecule has 0 radical (unpaired) electrons. The predicted octanol–water partition coefficient (Wildman–Crippen LogP) is 3.81. The molecule has 0 bridgehead atoms. The summed E-state index contributed by atoms with van der Waals surface area (Å²) in [6.07, 6.45) is 0. The Balaban J connectivity index is 2.28. The van der Waals surface area contributed by atoms with E-state index in [2.05, 4.69) is 48.8 Å². The smallest absolute Gasteiger partial charge is 0.116 e. The van der Waals surface area contributed by atoms with E-state index in [0.717, 1.165) is 10.7 Å². The van der Waals surface area contributed by atoms with Gasteiger partial charge in [0.15, 0.2) is 0 Å². The van der Waals surface area contributed by atoms with Crippen LogP contribution in [0.15, 0.2) is 16.3 Å². The molecule has 0 aliphatic rings. The van der Waals surface area contributed by atoms with Gasteiger partial charge in [-0.15, -0.1) is 22.7 Å². The Morgan fingerprint density at radius 2 is 1.89 bits per heavy atom. The van der Waals surface area contributed by atoms with Crippen LogP contribution in [0.4, 0.5) is 0 Å². The second-order valence-electron chi connectivity index (χ2n) is 4.93. The van der Waals surface area contributed by atoms with Crippen LogP contribution in [-0.4, -0.2) is 16.0 Å². The van der Waals surface area contributed by atoms with E-state index in [1.807, 2.05) is 5.51 Å². The number of rotatable bonds is 5. The van der Waals surface area contributed by atoms with Crippen LogP contribution in [0.3, 0.4) is 0 Å². The summed E-state index contributed by atoms with van der Waals surface area (Å²) in [5, 5.41) is 8.90. The molecule has 0 fully saturated rings. The number of aromatic nitrogens is 2. The lowest BCUT2D eigenvalue weighted by Crippen LogP contribution is -2.29. The summed E-state index contributed by atoms with van der Waals surface area (Å²) in [5.41, 5.74) is 4.11. The third kappa shape index (κ3) is 3.16. The molecular weight excluding hydrogens is 262 g/mol. The highest BCUT2D eigenvalue weighted by atomic mass is 32.1. The van der Waals surface area contributed by atoms with Gasteiger partial charge in [-0.25, -0.2) is 9.97 Å². The quantitative estimate of drug-likeness (QED) is 0.905. The van der Waals surface area contributed by atoms with E-state index < -0.39 is 0 Å². The molecule has 2 heterocycles. The number of nitrogens with one attached hydrogen (secondary N) is 1. The molecule has 0 aromatic carbocycles. The monoisotopic (exact) mass is 281 g/mol. The summed E-state index contributed by atoms with van der Waals surface area (Å²) in [5.74, 6) is 0.477. The Bertz CT molecular complexity index is 474. The number of hydrogen-bond acceptors (Lipinski definition) is 5. The summed E-state index contributed by atoms with van der Waals surface area (Å²) in [4.78, 5) is 9.16. The first-order valence-corrected chi connectivity index (χ1v) is 7.99. The first-order chi connectivity index (χ1) is 8.58. The van der Waals surface area contributed by atoms with E-state index in [0.29, 0.717) is 12.0 Å². The highest BCUT2D eigenvalue weighted by Crippen LogP contribution is 2.27. The Morgan fingerprint density at radius 1 is 1.11 bits per heavy atom. The summed E-state index contributed by atoms with van der Waals surface area (Å²) >= 11 is 3.35. The molecule has 0 saturated heterocycles. The fraction of sp³-hybridized carbons (Fsp3) is 0.538. The van der Waals surface area contributed by atoms with E-state index in [1.165, 1.54) is 5.69 Å². The van der Waals surface area contributed by atoms with Gasteiger partial charge in [0.25, 0.3) is 0 Å². The summed E-state index contributed by atoms with van der Waals surface area (Å²) in [6, 6.07) is 0.525. The van der Waals surface area contributed by atoms with Crippen LogP contribution in [-0.2, 0) is 0 Å². The van der Waals surface area contributed by atoms with Crippen molar-refractivity contribution in [1.29, 1.82) is 0 Å². The van der Waals surface area contributed by atoms with Crippen molar-refractivity contribution in [3.05, 3.63) is 32.7 Å². The van der Waals surface area contributed by atoms with Crippen LogP contribution >= 0.6 is 22.7 Å². The molecule has 5 heteroatoms. The predicted molar refractivity (Wildman–Crippen MR) is 78.4 cm³/mol. The van der Waals surface area contributed by atoms with E-state index in [-0.39, 0.29) is 6.04 Å². The zero-order valence-electron chi connectivity index (χ0n) is 11.2. The van der Waals surface area contributed by atoms with E-state index in [4.69, 9.17) is 4.98 Å². The fourth-order valence-corrected chi connectivity index (χ4v) is 3.31. The van der Waals surface area contributed by atoms with Crippen molar-refractivity contribution >= 4 is 22.7 Å². The average Bonchev–Trinajstić information content (AvgIpc) is 2.97. The Morgan fingerprint density at radius 3 is 2.39 bits per heavy atom. The van der Waals surface area contributed by atoms with Gasteiger partial charge in [0, 0.05) is 16.8 Å². The third-order valence-corrected chi connectivity index (χ3v) is 4.16. The number of thiazole rings is 2. The van der Waals surface area contributed by atoms with Gasteiger partial charge in [-0.05, 0) is 19.8 Å². The lowest BCUT2D eigenvalue weighted by atomic mass is 10.1. The van der Waals surface area contributed by atoms with Crippen LogP contribution in [0.1, 0.15) is 56.1 Å². The lowest BCUT2D eigenvalue weighted by molar-refractivity contribution is 0.519. The van der Waals surface area contributed by atoms with Crippen molar-refractivity contribution in [2.24, 2.45) is 0 Å². The molecule has 3 nitrogen and oxygen atoms in total. The molecule has 98 valence electrons. The van der Waals surface area contributed by atoms with Crippen LogP contribution in [0, 0.1) is 0 Å². The summed E-state index contributed by atoms with van der Waals surface area (Å²) in [6.45, 7) is 8.64.